The van der Waals surface area contributed by atoms with Crippen LogP contribution in [0.15, 0.2) is 437 Å². The molecular weight excluding hydrogens is 1450 g/mol. The Morgan fingerprint density at radius 1 is 0.158 bits per heavy atom. The fraction of sp³-hybridized carbons (Fsp3) is 0.0862. The number of rotatable bonds is 15. The quantitative estimate of drug-likeness (QED) is 0.0949. The zero-order valence-corrected chi connectivity index (χ0v) is 67.0. The largest absolute Gasteiger partial charge is 0.310 e. The van der Waals surface area contributed by atoms with Crippen LogP contribution >= 0.6 is 0 Å². The first kappa shape index (κ1) is 71.9. The number of nitrogens with zero attached hydrogens (tertiary/aromatic N) is 4. The minimum Gasteiger partial charge on any atom is -0.310 e. The van der Waals surface area contributed by atoms with Gasteiger partial charge in [0.25, 0.3) is 0 Å². The summed E-state index contributed by atoms with van der Waals surface area (Å²) in [6, 6.07) is 161. The van der Waals surface area contributed by atoms with E-state index in [4.69, 9.17) is 0 Å². The van der Waals surface area contributed by atoms with Crippen molar-refractivity contribution in [2.75, 3.05) is 19.6 Å². The minimum atomic E-state index is -0.0650. The molecule has 0 heterocycles. The van der Waals surface area contributed by atoms with E-state index in [0.717, 1.165) is 54.1 Å². The summed E-state index contributed by atoms with van der Waals surface area (Å²) in [5.74, 6) is 0. The summed E-state index contributed by atoms with van der Waals surface area (Å²) in [7, 11) is 0. The normalized spacial score (nSPS) is 13.7. The second-order valence-corrected chi connectivity index (χ2v) is 32.9. The van der Waals surface area contributed by atoms with Gasteiger partial charge in [-0.05, 0) is 258 Å². The molecule has 4 heteroatoms. The Labute approximate surface area is 703 Å². The molecule has 0 N–H and O–H groups in total. The maximum absolute atomic E-state index is 2.54. The van der Waals surface area contributed by atoms with E-state index < -0.39 is 0 Å². The maximum Gasteiger partial charge on any atom is 0.0546 e. The molecule has 4 aliphatic rings. The standard InChI is InChI=1S/C61H46N2.C55H42N2/c1-4-16-43(17-5-1)45-26-30-49(31-27-45)62(50-32-28-46(29-33-50)44-18-6-2-7-19-44)51-34-36-55-56-37-35-52(42-59(56)61(58(55)41-51)38-14-15-39-61)63(48-21-8-3-9-22-48)60-40-47-20-10-11-23-53(47)54-24-12-13-25-57(54)60;1-3-15-39(16-4-1)40-27-29-44(30-28-40)57(54-26-14-20-42-18-8-10-24-48(42)54)46-32-34-50-49-33-31-45(37-51(49)55(52(50)38-46)35-11-12-36-55)56(43-21-5-2-6-22-43)53-25-13-19-41-17-7-9-23-47(41)53/h1-13,16-37,40-42H,14-15,38-39H2;1-10,13-34,37-38H,11-12,35-36H2. The smallest absolute Gasteiger partial charge is 0.0546 e. The van der Waals surface area contributed by atoms with Gasteiger partial charge in [0.05, 0.1) is 17.1 Å². The molecule has 19 aromatic rings. The highest BCUT2D eigenvalue weighted by Gasteiger charge is 2.48. The van der Waals surface area contributed by atoms with Gasteiger partial charge in [-0.2, -0.15) is 0 Å². The number of anilines is 12. The zero-order valence-electron chi connectivity index (χ0n) is 67.0. The second kappa shape index (κ2) is 30.5. The van der Waals surface area contributed by atoms with Gasteiger partial charge in [-0.25, -0.2) is 0 Å². The molecule has 4 aliphatic carbocycles. The lowest BCUT2D eigenvalue weighted by Crippen LogP contribution is -2.22. The molecule has 0 amide bonds. The number of hydrogen-bond acceptors (Lipinski definition) is 4. The van der Waals surface area contributed by atoms with Gasteiger partial charge in [-0.3, -0.25) is 0 Å². The lowest BCUT2D eigenvalue weighted by atomic mass is 9.76. The van der Waals surface area contributed by atoms with Crippen molar-refractivity contribution in [3.05, 3.63) is 459 Å². The molecule has 120 heavy (non-hydrogen) atoms. The summed E-state index contributed by atoms with van der Waals surface area (Å²) in [5.41, 5.74) is 32.6. The van der Waals surface area contributed by atoms with Crippen molar-refractivity contribution in [2.24, 2.45) is 0 Å². The predicted octanol–water partition coefficient (Wildman–Crippen LogP) is 32.5. The van der Waals surface area contributed by atoms with E-state index >= 15 is 0 Å². The number of para-hydroxylation sites is 2. The maximum atomic E-state index is 2.54. The average Bonchev–Trinajstić information content (AvgIpc) is 1.55. The van der Waals surface area contributed by atoms with Crippen LogP contribution in [0.4, 0.5) is 68.2 Å². The van der Waals surface area contributed by atoms with Gasteiger partial charge < -0.3 is 19.6 Å². The lowest BCUT2D eigenvalue weighted by Gasteiger charge is -2.31. The molecule has 0 saturated heterocycles. The van der Waals surface area contributed by atoms with Crippen LogP contribution < -0.4 is 19.6 Å². The van der Waals surface area contributed by atoms with Gasteiger partial charge in [-0.15, -0.1) is 0 Å². The van der Waals surface area contributed by atoms with Crippen molar-refractivity contribution in [1.82, 2.24) is 0 Å². The molecular formula is C116H88N4. The summed E-state index contributed by atoms with van der Waals surface area (Å²) in [4.78, 5) is 9.88. The van der Waals surface area contributed by atoms with Crippen molar-refractivity contribution in [2.45, 2.75) is 62.2 Å². The van der Waals surface area contributed by atoms with Crippen LogP contribution in [-0.2, 0) is 10.8 Å². The van der Waals surface area contributed by atoms with E-state index in [9.17, 15) is 0 Å². The summed E-state index contributed by atoms with van der Waals surface area (Å²) in [6.45, 7) is 0. The molecule has 2 spiro atoms. The van der Waals surface area contributed by atoms with E-state index in [2.05, 4.69) is 456 Å². The fourth-order valence-corrected chi connectivity index (χ4v) is 20.7. The Bertz CT molecular complexity index is 6920. The Hall–Kier alpha value is -14.6. The summed E-state index contributed by atoms with van der Waals surface area (Å²) in [6.07, 6.45) is 9.48. The first-order valence-electron chi connectivity index (χ1n) is 42.7. The molecule has 0 radical (unpaired) electrons. The first-order chi connectivity index (χ1) is 59.5. The van der Waals surface area contributed by atoms with Crippen LogP contribution in [0.3, 0.4) is 0 Å². The molecule has 19 aromatic carbocycles. The van der Waals surface area contributed by atoms with Crippen LogP contribution in [0.5, 0.6) is 0 Å². The average molecular weight is 1540 g/mol. The van der Waals surface area contributed by atoms with Gasteiger partial charge in [0.15, 0.2) is 0 Å². The molecule has 0 aliphatic heterocycles. The molecule has 572 valence electrons. The summed E-state index contributed by atoms with van der Waals surface area (Å²) in [5, 5.41) is 10.0. The SMILES string of the molecule is c1ccc(-c2ccc(N(c3ccc(-c4ccccc4)cc3)c3ccc4c(c3)C3(CCCC3)c3cc(N(c5ccccc5)c5cc6ccccc6c6ccccc56)ccc3-4)cc2)cc1.c1ccc(-c2ccc(N(c3ccc4c(c3)C3(CCCC3)c3cc(N(c5ccccc5)c5cccc6ccccc56)ccc3-4)c3cccc4ccccc34)cc2)cc1. The van der Waals surface area contributed by atoms with Crippen molar-refractivity contribution >= 4 is 111 Å². The molecule has 0 aromatic heterocycles. The Balaban J connectivity index is 0.000000145. The third kappa shape index (κ3) is 12.6. The van der Waals surface area contributed by atoms with Crippen LogP contribution in [0, 0.1) is 0 Å². The number of fused-ring (bicyclic) bond motifs is 15. The molecule has 2 fully saturated rings. The number of benzene rings is 19. The van der Waals surface area contributed by atoms with Gasteiger partial charge >= 0.3 is 0 Å². The predicted molar refractivity (Wildman–Crippen MR) is 507 cm³/mol. The van der Waals surface area contributed by atoms with Crippen LogP contribution in [0.2, 0.25) is 0 Å². The third-order valence-corrected chi connectivity index (χ3v) is 26.3. The number of hydrogen-bond donors (Lipinski definition) is 0. The molecule has 0 unspecified atom stereocenters. The summed E-state index contributed by atoms with van der Waals surface area (Å²) < 4.78 is 0. The van der Waals surface area contributed by atoms with Gasteiger partial charge in [0.2, 0.25) is 0 Å². The van der Waals surface area contributed by atoms with Crippen molar-refractivity contribution in [3.8, 4) is 55.6 Å². The molecule has 2 saturated carbocycles. The van der Waals surface area contributed by atoms with Crippen LogP contribution in [-0.4, -0.2) is 0 Å². The van der Waals surface area contributed by atoms with E-state index in [0.29, 0.717) is 0 Å². The molecule has 4 nitrogen and oxygen atoms in total. The van der Waals surface area contributed by atoms with E-state index in [1.54, 1.807) is 0 Å². The second-order valence-electron chi connectivity index (χ2n) is 32.9. The van der Waals surface area contributed by atoms with Crippen LogP contribution in [0.1, 0.15) is 73.6 Å². The molecule has 0 bridgehead atoms. The molecule has 0 atom stereocenters. The highest BCUT2D eigenvalue weighted by Crippen LogP contribution is 2.62. The van der Waals surface area contributed by atoms with Crippen molar-refractivity contribution < 1.29 is 0 Å². The zero-order chi connectivity index (χ0) is 79.5. The van der Waals surface area contributed by atoms with E-state index in [1.807, 2.05) is 0 Å². The highest BCUT2D eigenvalue weighted by molar-refractivity contribution is 6.15. The summed E-state index contributed by atoms with van der Waals surface area (Å²) >= 11 is 0. The van der Waals surface area contributed by atoms with Gasteiger partial charge in [-0.1, -0.05) is 335 Å². The monoisotopic (exact) mass is 1540 g/mol. The highest BCUT2D eigenvalue weighted by atomic mass is 15.2. The minimum absolute atomic E-state index is 0.0423. The molecule has 23 rings (SSSR count). The topological polar surface area (TPSA) is 13.0 Å². The van der Waals surface area contributed by atoms with E-state index in [1.165, 1.54) is 186 Å². The Morgan fingerprint density at radius 2 is 0.417 bits per heavy atom. The lowest BCUT2D eigenvalue weighted by molar-refractivity contribution is 0.550. The Morgan fingerprint density at radius 3 is 0.792 bits per heavy atom. The van der Waals surface area contributed by atoms with E-state index in [-0.39, 0.29) is 10.8 Å². The Kier molecular flexibility index (Phi) is 18.3. The first-order valence-corrected chi connectivity index (χ1v) is 42.7. The van der Waals surface area contributed by atoms with Crippen LogP contribution in [0.25, 0.3) is 98.7 Å². The van der Waals surface area contributed by atoms with Crippen molar-refractivity contribution in [3.63, 3.8) is 0 Å². The third-order valence-electron chi connectivity index (χ3n) is 26.3. The fourth-order valence-electron chi connectivity index (χ4n) is 20.7. The van der Waals surface area contributed by atoms with Crippen molar-refractivity contribution in [1.29, 1.82) is 0 Å². The van der Waals surface area contributed by atoms with Gasteiger partial charge in [0, 0.05) is 78.2 Å². The van der Waals surface area contributed by atoms with Gasteiger partial charge in [0.1, 0.15) is 0 Å².